The van der Waals surface area contributed by atoms with Crippen molar-refractivity contribution < 1.29 is 14.4 Å². The van der Waals surface area contributed by atoms with E-state index in [1.54, 1.807) is 18.2 Å². The molecule has 24 heavy (non-hydrogen) atoms. The van der Waals surface area contributed by atoms with E-state index < -0.39 is 17.7 Å². The molecule has 0 spiro atoms. The summed E-state index contributed by atoms with van der Waals surface area (Å²) in [6, 6.07) is 8.94. The van der Waals surface area contributed by atoms with Crippen LogP contribution in [0.15, 0.2) is 30.3 Å². The topological polar surface area (TPSA) is 69.7 Å². The molecular weight excluding hydrogens is 330 g/mol. The van der Waals surface area contributed by atoms with E-state index in [0.29, 0.717) is 16.5 Å². The number of rotatable bonds is 4. The maximum absolute atomic E-state index is 12.7. The number of carbonyl (C=O) groups excluding carboxylic acids is 3. The third-order valence-electron chi connectivity index (χ3n) is 4.01. The summed E-state index contributed by atoms with van der Waals surface area (Å²) in [6.07, 6.45) is 0. The number of nitrogens with zero attached hydrogens (tertiary/aromatic N) is 2. The predicted molar refractivity (Wildman–Crippen MR) is 92.5 cm³/mol. The first-order chi connectivity index (χ1) is 11.5. The van der Waals surface area contributed by atoms with Crippen molar-refractivity contribution in [2.75, 3.05) is 31.5 Å². The first-order valence-corrected chi connectivity index (χ1v) is 7.91. The van der Waals surface area contributed by atoms with Gasteiger partial charge < -0.3 is 10.2 Å². The number of carbonyl (C=O) groups is 3. The van der Waals surface area contributed by atoms with Crippen molar-refractivity contribution in [1.29, 1.82) is 0 Å². The highest BCUT2D eigenvalue weighted by Crippen LogP contribution is 2.35. The summed E-state index contributed by atoms with van der Waals surface area (Å²) in [5.41, 5.74) is 1.83. The van der Waals surface area contributed by atoms with Gasteiger partial charge in [-0.2, -0.15) is 0 Å². The number of alkyl halides is 1. The van der Waals surface area contributed by atoms with Crippen molar-refractivity contribution in [3.05, 3.63) is 41.5 Å². The third kappa shape index (κ3) is 2.49. The fraction of sp³-hybridized carbons (Fsp3) is 0.235. The molecule has 124 valence electrons. The maximum atomic E-state index is 12.7. The molecule has 0 fully saturated rings. The Morgan fingerprint density at radius 1 is 1.12 bits per heavy atom. The molecule has 6 nitrogen and oxygen atoms in total. The summed E-state index contributed by atoms with van der Waals surface area (Å²) in [6.45, 7) is -0.200. The number of nitrogens with one attached hydrogen (secondary N) is 1. The lowest BCUT2D eigenvalue weighted by Crippen LogP contribution is -2.47. The Labute approximate surface area is 144 Å². The van der Waals surface area contributed by atoms with Crippen LogP contribution < -0.4 is 10.2 Å². The number of hydrogen-bond donors (Lipinski definition) is 1. The molecule has 3 rings (SSSR count). The Morgan fingerprint density at radius 3 is 2.42 bits per heavy atom. The van der Waals surface area contributed by atoms with Crippen LogP contribution in [0.5, 0.6) is 0 Å². The summed E-state index contributed by atoms with van der Waals surface area (Å²) in [7, 11) is 3.81. The molecule has 3 amide bonds. The van der Waals surface area contributed by atoms with Crippen molar-refractivity contribution in [3.63, 3.8) is 0 Å². The molecule has 0 saturated carbocycles. The molecule has 0 radical (unpaired) electrons. The second-order valence-electron chi connectivity index (χ2n) is 5.68. The van der Waals surface area contributed by atoms with Crippen LogP contribution in [0.2, 0.25) is 0 Å². The summed E-state index contributed by atoms with van der Waals surface area (Å²) in [5, 5.41) is 3.96. The number of halogens is 1. The second-order valence-corrected chi connectivity index (χ2v) is 5.95. The van der Waals surface area contributed by atoms with Crippen LogP contribution in [0.4, 0.5) is 5.69 Å². The molecular formula is C17H16ClN3O3. The molecule has 0 saturated heterocycles. The average Bonchev–Trinajstić information content (AvgIpc) is 2.58. The molecule has 2 aromatic carbocycles. The van der Waals surface area contributed by atoms with Gasteiger partial charge in [-0.3, -0.25) is 19.3 Å². The highest BCUT2D eigenvalue weighted by molar-refractivity contribution is 6.28. The monoisotopic (exact) mass is 345 g/mol. The summed E-state index contributed by atoms with van der Waals surface area (Å²) in [4.78, 5) is 39.7. The van der Waals surface area contributed by atoms with E-state index in [0.717, 1.165) is 16.0 Å². The quantitative estimate of drug-likeness (QED) is 0.678. The average molecular weight is 346 g/mol. The smallest absolute Gasteiger partial charge is 0.262 e. The number of imide groups is 1. The molecule has 1 N–H and O–H groups in total. The molecule has 1 aliphatic rings. The van der Waals surface area contributed by atoms with Gasteiger partial charge in [-0.15, -0.1) is 11.6 Å². The van der Waals surface area contributed by atoms with E-state index in [-0.39, 0.29) is 12.5 Å². The van der Waals surface area contributed by atoms with E-state index >= 15 is 0 Å². The van der Waals surface area contributed by atoms with Crippen LogP contribution in [0.25, 0.3) is 10.8 Å². The number of anilines is 1. The van der Waals surface area contributed by atoms with Crippen molar-refractivity contribution in [3.8, 4) is 0 Å². The van der Waals surface area contributed by atoms with E-state index in [1.807, 2.05) is 31.1 Å². The lowest BCUT2D eigenvalue weighted by molar-refractivity contribution is -0.119. The van der Waals surface area contributed by atoms with Crippen LogP contribution in [-0.4, -0.2) is 49.3 Å². The Balaban J connectivity index is 2.11. The zero-order valence-electron chi connectivity index (χ0n) is 13.3. The SMILES string of the molecule is CN(C)c1ccc2c3c(cccc13)C(=O)N(CNC(=O)CCl)C2=O. The van der Waals surface area contributed by atoms with E-state index in [4.69, 9.17) is 11.6 Å². The normalized spacial score (nSPS) is 13.4. The lowest BCUT2D eigenvalue weighted by atomic mass is 9.93. The van der Waals surface area contributed by atoms with Crippen LogP contribution in [0, 0.1) is 0 Å². The molecule has 7 heteroatoms. The zero-order chi connectivity index (χ0) is 17.4. The van der Waals surface area contributed by atoms with E-state index in [2.05, 4.69) is 5.32 Å². The highest BCUT2D eigenvalue weighted by atomic mass is 35.5. The Kier molecular flexibility index (Phi) is 4.15. The van der Waals surface area contributed by atoms with Gasteiger partial charge >= 0.3 is 0 Å². The third-order valence-corrected chi connectivity index (χ3v) is 4.25. The minimum absolute atomic E-state index is 0.200. The van der Waals surface area contributed by atoms with Crippen LogP contribution in [0.3, 0.4) is 0 Å². The number of hydrogen-bond acceptors (Lipinski definition) is 4. The maximum Gasteiger partial charge on any atom is 0.262 e. The van der Waals surface area contributed by atoms with Crippen LogP contribution in [0.1, 0.15) is 20.7 Å². The van der Waals surface area contributed by atoms with Gasteiger partial charge in [-0.25, -0.2) is 0 Å². The second kappa shape index (κ2) is 6.13. The predicted octanol–water partition coefficient (Wildman–Crippen LogP) is 1.81. The van der Waals surface area contributed by atoms with Gasteiger partial charge in [0.2, 0.25) is 5.91 Å². The fourth-order valence-electron chi connectivity index (χ4n) is 2.88. The molecule has 0 aliphatic carbocycles. The fourth-order valence-corrected chi connectivity index (χ4v) is 2.97. The minimum atomic E-state index is -0.441. The molecule has 0 atom stereocenters. The first-order valence-electron chi connectivity index (χ1n) is 7.37. The van der Waals surface area contributed by atoms with Crippen molar-refractivity contribution in [2.24, 2.45) is 0 Å². The van der Waals surface area contributed by atoms with Gasteiger partial charge in [-0.1, -0.05) is 12.1 Å². The molecule has 2 aromatic rings. The highest BCUT2D eigenvalue weighted by Gasteiger charge is 2.33. The largest absolute Gasteiger partial charge is 0.377 e. The first kappa shape index (κ1) is 16.3. The van der Waals surface area contributed by atoms with Gasteiger partial charge in [0.15, 0.2) is 0 Å². The van der Waals surface area contributed by atoms with Gasteiger partial charge in [0.25, 0.3) is 11.8 Å². The Bertz CT molecular complexity index is 841. The van der Waals surface area contributed by atoms with Crippen LogP contribution >= 0.6 is 11.6 Å². The molecule has 0 aromatic heterocycles. The standard InChI is InChI=1S/C17H16ClN3O3/c1-20(2)13-7-6-12-15-10(13)4-3-5-11(15)16(23)21(17(12)24)9-19-14(22)8-18/h3-7H,8-9H2,1-2H3,(H,19,22). The van der Waals surface area contributed by atoms with Gasteiger partial charge in [0, 0.05) is 41.7 Å². The molecule has 0 bridgehead atoms. The van der Waals surface area contributed by atoms with Gasteiger partial charge in [0.1, 0.15) is 12.5 Å². The minimum Gasteiger partial charge on any atom is -0.377 e. The molecule has 1 aliphatic heterocycles. The van der Waals surface area contributed by atoms with E-state index in [9.17, 15) is 14.4 Å². The Morgan fingerprint density at radius 2 is 1.79 bits per heavy atom. The van der Waals surface area contributed by atoms with Crippen molar-refractivity contribution in [1.82, 2.24) is 10.2 Å². The number of amides is 3. The summed E-state index contributed by atoms with van der Waals surface area (Å²) >= 11 is 5.43. The van der Waals surface area contributed by atoms with Gasteiger partial charge in [0.05, 0.1) is 0 Å². The van der Waals surface area contributed by atoms with E-state index in [1.165, 1.54) is 0 Å². The number of benzene rings is 2. The van der Waals surface area contributed by atoms with Crippen LogP contribution in [-0.2, 0) is 4.79 Å². The van der Waals surface area contributed by atoms with Gasteiger partial charge in [-0.05, 0) is 18.2 Å². The molecule has 1 heterocycles. The van der Waals surface area contributed by atoms with Crippen molar-refractivity contribution in [2.45, 2.75) is 0 Å². The Hall–Kier alpha value is -2.60. The molecule has 0 unspecified atom stereocenters. The zero-order valence-corrected chi connectivity index (χ0v) is 14.1. The van der Waals surface area contributed by atoms with Crippen molar-refractivity contribution >= 4 is 45.8 Å². The summed E-state index contributed by atoms with van der Waals surface area (Å²) in [5.74, 6) is -1.52. The lowest BCUT2D eigenvalue weighted by Gasteiger charge is -2.28. The summed E-state index contributed by atoms with van der Waals surface area (Å²) < 4.78 is 0.